The third-order valence-electron chi connectivity index (χ3n) is 8.35. The number of allylic oxidation sites excluding steroid dienone is 2. The minimum atomic E-state index is 0.0677. The fourth-order valence-corrected chi connectivity index (χ4v) is 6.72. The molecular formula is C25H34ClN2O2+. The molecular weight excluding hydrogens is 396 g/mol. The van der Waals surface area contributed by atoms with Crippen LogP contribution in [0.5, 0.6) is 0 Å². The van der Waals surface area contributed by atoms with Crippen molar-refractivity contribution in [3.8, 4) is 0 Å². The highest BCUT2D eigenvalue weighted by Gasteiger charge is 2.54. The first-order chi connectivity index (χ1) is 14.4. The fraction of sp³-hybridized carbons (Fsp3) is 0.640. The van der Waals surface area contributed by atoms with Gasteiger partial charge in [0.25, 0.3) is 0 Å². The summed E-state index contributed by atoms with van der Waals surface area (Å²) in [4.78, 5) is 16.8. The molecule has 2 heterocycles. The molecule has 4 aliphatic rings. The van der Waals surface area contributed by atoms with E-state index in [1.165, 1.54) is 24.9 Å². The highest BCUT2D eigenvalue weighted by Crippen LogP contribution is 2.54. The van der Waals surface area contributed by atoms with Crippen molar-refractivity contribution in [3.63, 3.8) is 0 Å². The monoisotopic (exact) mass is 429 g/mol. The molecule has 4 nitrogen and oxygen atoms in total. The Morgan fingerprint density at radius 2 is 1.97 bits per heavy atom. The summed E-state index contributed by atoms with van der Waals surface area (Å²) in [5.74, 6) is 0.521. The molecule has 1 aromatic rings. The maximum atomic E-state index is 12.8. The van der Waals surface area contributed by atoms with Crippen LogP contribution in [0.3, 0.4) is 0 Å². The summed E-state index contributed by atoms with van der Waals surface area (Å²) >= 11 is 6.03. The lowest BCUT2D eigenvalue weighted by Gasteiger charge is -2.45. The van der Waals surface area contributed by atoms with Crippen LogP contribution in [0.1, 0.15) is 46.0 Å². The Hall–Kier alpha value is -1.52. The van der Waals surface area contributed by atoms with Crippen LogP contribution < -0.4 is 9.80 Å². The Balaban J connectivity index is 1.24. The maximum absolute atomic E-state index is 12.8. The molecule has 162 valence electrons. The molecule has 0 radical (unpaired) electrons. The number of hydrogen-bond donors (Lipinski definition) is 1. The van der Waals surface area contributed by atoms with Crippen LogP contribution in [0.15, 0.2) is 35.4 Å². The Bertz CT molecular complexity index is 843. The van der Waals surface area contributed by atoms with Gasteiger partial charge >= 0.3 is 5.97 Å². The van der Waals surface area contributed by atoms with Crippen molar-refractivity contribution in [2.24, 2.45) is 17.3 Å². The zero-order valence-electron chi connectivity index (χ0n) is 18.3. The van der Waals surface area contributed by atoms with Gasteiger partial charge in [-0.2, -0.15) is 0 Å². The molecule has 0 unspecified atom stereocenters. The number of hydrogen-bond acceptors (Lipinski definition) is 3. The number of esters is 1. The lowest BCUT2D eigenvalue weighted by Crippen LogP contribution is -3.15. The number of rotatable bonds is 3. The standard InChI is InChI=1S/C25H33ClN2O2/c1-17-4-3-9-25(2)15-23-20(14-22(17)25)21(24(29)30-23)16-27-10-12-28(13-11-27)19-7-5-18(26)6-8-19/h5-8,20-21,23H,3-4,9-16H2,1-2H3/p+1/t20-,21+,23-,25+/m1/s1. The van der Waals surface area contributed by atoms with Gasteiger partial charge < -0.3 is 14.5 Å². The normalized spacial score (nSPS) is 34.6. The number of benzene rings is 1. The van der Waals surface area contributed by atoms with Crippen LogP contribution in [-0.2, 0) is 9.53 Å². The first kappa shape index (κ1) is 20.4. The van der Waals surface area contributed by atoms with Crippen molar-refractivity contribution in [2.75, 3.05) is 37.6 Å². The number of halogens is 1. The summed E-state index contributed by atoms with van der Waals surface area (Å²) in [6.07, 6.45) is 6.02. The van der Waals surface area contributed by atoms with E-state index in [2.05, 4.69) is 30.9 Å². The number of nitrogens with zero attached hydrogens (tertiary/aromatic N) is 1. The number of carbonyl (C=O) groups excluding carboxylic acids is 1. The van der Waals surface area contributed by atoms with E-state index in [1.807, 2.05) is 12.1 Å². The second-order valence-electron chi connectivity index (χ2n) is 10.2. The van der Waals surface area contributed by atoms with Crippen LogP contribution >= 0.6 is 11.6 Å². The summed E-state index contributed by atoms with van der Waals surface area (Å²) in [5.41, 5.74) is 4.74. The predicted molar refractivity (Wildman–Crippen MR) is 120 cm³/mol. The molecule has 1 saturated carbocycles. The highest BCUT2D eigenvalue weighted by atomic mass is 35.5. The number of quaternary nitrogens is 1. The van der Waals surface area contributed by atoms with Gasteiger partial charge in [-0.05, 0) is 68.7 Å². The number of fused-ring (bicyclic) bond motifs is 2. The molecule has 5 heteroatoms. The van der Waals surface area contributed by atoms with Gasteiger partial charge in [-0.1, -0.05) is 29.7 Å². The zero-order chi connectivity index (χ0) is 20.9. The smallest absolute Gasteiger partial charge is 0.315 e. The zero-order valence-corrected chi connectivity index (χ0v) is 19.0. The van der Waals surface area contributed by atoms with Crippen molar-refractivity contribution in [3.05, 3.63) is 40.4 Å². The molecule has 5 rings (SSSR count). The lowest BCUT2D eigenvalue weighted by molar-refractivity contribution is -0.903. The minimum Gasteiger partial charge on any atom is -0.462 e. The lowest BCUT2D eigenvalue weighted by atomic mass is 9.59. The van der Waals surface area contributed by atoms with Gasteiger partial charge in [-0.3, -0.25) is 4.79 Å². The molecule has 30 heavy (non-hydrogen) atoms. The number of piperazine rings is 1. The molecule has 0 aromatic heterocycles. The Morgan fingerprint density at radius 3 is 2.70 bits per heavy atom. The van der Waals surface area contributed by atoms with Crippen molar-refractivity contribution in [1.29, 1.82) is 0 Å². The van der Waals surface area contributed by atoms with Gasteiger partial charge in [0.05, 0.1) is 32.7 Å². The summed E-state index contributed by atoms with van der Waals surface area (Å²) in [5, 5.41) is 0.782. The summed E-state index contributed by atoms with van der Waals surface area (Å²) in [6.45, 7) is 9.85. The van der Waals surface area contributed by atoms with E-state index in [4.69, 9.17) is 16.3 Å². The molecule has 1 N–H and O–H groups in total. The van der Waals surface area contributed by atoms with E-state index in [0.29, 0.717) is 5.92 Å². The van der Waals surface area contributed by atoms with Crippen molar-refractivity contribution in [2.45, 2.75) is 52.1 Å². The van der Waals surface area contributed by atoms with Crippen LogP contribution in [0.4, 0.5) is 5.69 Å². The number of anilines is 1. The van der Waals surface area contributed by atoms with E-state index < -0.39 is 0 Å². The Labute approximate surface area is 185 Å². The third-order valence-corrected chi connectivity index (χ3v) is 8.60. The average molecular weight is 430 g/mol. The molecule has 2 aliphatic carbocycles. The van der Waals surface area contributed by atoms with Crippen LogP contribution in [0.25, 0.3) is 0 Å². The minimum absolute atomic E-state index is 0.0677. The second-order valence-corrected chi connectivity index (χ2v) is 10.7. The molecule has 0 spiro atoms. The maximum Gasteiger partial charge on any atom is 0.315 e. The number of nitrogens with one attached hydrogen (secondary N) is 1. The van der Waals surface area contributed by atoms with Crippen LogP contribution in [0.2, 0.25) is 5.02 Å². The van der Waals surface area contributed by atoms with Gasteiger partial charge in [0.1, 0.15) is 12.0 Å². The Morgan fingerprint density at radius 1 is 1.23 bits per heavy atom. The van der Waals surface area contributed by atoms with Crippen molar-refractivity contribution < 1.29 is 14.4 Å². The first-order valence-corrected chi connectivity index (χ1v) is 12.0. The first-order valence-electron chi connectivity index (χ1n) is 11.7. The van der Waals surface area contributed by atoms with Crippen LogP contribution in [-0.4, -0.2) is 44.8 Å². The molecule has 0 amide bonds. The molecule has 0 bridgehead atoms. The quantitative estimate of drug-likeness (QED) is 0.589. The van der Waals surface area contributed by atoms with E-state index >= 15 is 0 Å². The topological polar surface area (TPSA) is 34.0 Å². The Kier molecular flexibility index (Phi) is 5.35. The van der Waals surface area contributed by atoms with E-state index in [-0.39, 0.29) is 23.4 Å². The van der Waals surface area contributed by atoms with Gasteiger partial charge in [0, 0.05) is 16.6 Å². The van der Waals surface area contributed by atoms with Gasteiger partial charge in [0.2, 0.25) is 0 Å². The average Bonchev–Trinajstić information content (AvgIpc) is 3.01. The van der Waals surface area contributed by atoms with Gasteiger partial charge in [-0.25, -0.2) is 0 Å². The third kappa shape index (κ3) is 3.67. The van der Waals surface area contributed by atoms with E-state index in [0.717, 1.165) is 50.6 Å². The molecule has 3 fully saturated rings. The van der Waals surface area contributed by atoms with E-state index in [1.54, 1.807) is 16.0 Å². The van der Waals surface area contributed by atoms with Crippen molar-refractivity contribution >= 4 is 23.3 Å². The summed E-state index contributed by atoms with van der Waals surface area (Å²) in [7, 11) is 0. The fourth-order valence-electron chi connectivity index (χ4n) is 6.59. The van der Waals surface area contributed by atoms with Crippen molar-refractivity contribution in [1.82, 2.24) is 0 Å². The predicted octanol–water partition coefficient (Wildman–Crippen LogP) is 3.50. The summed E-state index contributed by atoms with van der Waals surface area (Å²) < 4.78 is 5.97. The summed E-state index contributed by atoms with van der Waals surface area (Å²) in [6, 6.07) is 8.13. The van der Waals surface area contributed by atoms with E-state index in [9.17, 15) is 4.79 Å². The second kappa shape index (κ2) is 7.87. The molecule has 2 saturated heterocycles. The molecule has 4 atom stereocenters. The van der Waals surface area contributed by atoms with Gasteiger partial charge in [-0.15, -0.1) is 0 Å². The van der Waals surface area contributed by atoms with Crippen LogP contribution in [0, 0.1) is 17.3 Å². The molecule has 2 aliphatic heterocycles. The SMILES string of the molecule is CC1=C2C[C@@H]3[C@H](C[NH+]4CCN(c5ccc(Cl)cc5)CC4)C(=O)O[C@@H]3C[C@]2(C)CCC1. The highest BCUT2D eigenvalue weighted by molar-refractivity contribution is 6.30. The molecule has 1 aromatic carbocycles. The number of carbonyl (C=O) groups is 1. The largest absolute Gasteiger partial charge is 0.462 e. The van der Waals surface area contributed by atoms with Gasteiger partial charge in [0.15, 0.2) is 0 Å². The number of ether oxygens (including phenoxy) is 1.